The third-order valence-electron chi connectivity index (χ3n) is 3.48. The molecule has 24 heavy (non-hydrogen) atoms. The number of carbonyl (C=O) groups excluding carboxylic acids is 1. The average molecular weight is 345 g/mol. The Bertz CT molecular complexity index is 676. The van der Waals surface area contributed by atoms with Gasteiger partial charge in [-0.1, -0.05) is 12.2 Å². The minimum atomic E-state index is -4.92. The predicted molar refractivity (Wildman–Crippen MR) is 78.4 cm³/mol. The van der Waals surface area contributed by atoms with Crippen LogP contribution in [-0.2, 0) is 6.18 Å². The van der Waals surface area contributed by atoms with Crippen LogP contribution in [0.5, 0.6) is 0 Å². The number of hydrogen-bond acceptors (Lipinski definition) is 4. The summed E-state index contributed by atoms with van der Waals surface area (Å²) in [6.45, 7) is -0.0619. The molecule has 2 atom stereocenters. The van der Waals surface area contributed by atoms with Crippen LogP contribution in [0, 0.1) is 16.0 Å². The van der Waals surface area contributed by atoms with Crippen molar-refractivity contribution in [2.45, 2.75) is 18.6 Å². The Hall–Kier alpha value is -2.62. The number of carbonyl (C=O) groups is 1. The Morgan fingerprint density at radius 2 is 2.08 bits per heavy atom. The molecule has 7 nitrogen and oxygen atoms in total. The highest BCUT2D eigenvalue weighted by Gasteiger charge is 2.38. The largest absolute Gasteiger partial charge is 0.423 e. The maximum Gasteiger partial charge on any atom is 0.423 e. The lowest BCUT2D eigenvalue weighted by Crippen LogP contribution is -2.36. The SMILES string of the molecule is O=C(Nc1ccc([N+](=O)[O-])c(C(F)(F)F)c1)N[C@@H]1C=C[C@H](CO)C1. The summed E-state index contributed by atoms with van der Waals surface area (Å²) < 4.78 is 38.6. The van der Waals surface area contributed by atoms with Crippen LogP contribution < -0.4 is 10.6 Å². The van der Waals surface area contributed by atoms with E-state index < -0.39 is 28.4 Å². The molecule has 0 fully saturated rings. The number of benzene rings is 1. The van der Waals surface area contributed by atoms with Gasteiger partial charge in [-0.3, -0.25) is 10.1 Å². The van der Waals surface area contributed by atoms with Crippen molar-refractivity contribution in [2.75, 3.05) is 11.9 Å². The van der Waals surface area contributed by atoms with E-state index in [9.17, 15) is 28.1 Å². The predicted octanol–water partition coefficient (Wildman–Crippen LogP) is 2.67. The van der Waals surface area contributed by atoms with Crippen LogP contribution >= 0.6 is 0 Å². The first-order valence-corrected chi connectivity index (χ1v) is 6.93. The zero-order valence-electron chi connectivity index (χ0n) is 12.2. The van der Waals surface area contributed by atoms with Crippen LogP contribution in [0.15, 0.2) is 30.4 Å². The number of nitro groups is 1. The van der Waals surface area contributed by atoms with Gasteiger partial charge in [0.2, 0.25) is 0 Å². The van der Waals surface area contributed by atoms with E-state index in [0.717, 1.165) is 6.07 Å². The topological polar surface area (TPSA) is 104 Å². The summed E-state index contributed by atoms with van der Waals surface area (Å²) >= 11 is 0. The number of anilines is 1. The van der Waals surface area contributed by atoms with Crippen molar-refractivity contribution in [2.24, 2.45) is 5.92 Å². The number of rotatable bonds is 4. The number of alkyl halides is 3. The number of nitro benzene ring substituents is 1. The number of nitrogens with one attached hydrogen (secondary N) is 2. The smallest absolute Gasteiger partial charge is 0.396 e. The molecule has 2 amide bonds. The normalized spacial score (nSPS) is 20.0. The van der Waals surface area contributed by atoms with Gasteiger partial charge in [-0.05, 0) is 18.6 Å². The first kappa shape index (κ1) is 17.7. The van der Waals surface area contributed by atoms with Crippen molar-refractivity contribution < 1.29 is 28.0 Å². The molecule has 0 saturated heterocycles. The Kier molecular flexibility index (Phi) is 5.07. The van der Waals surface area contributed by atoms with Gasteiger partial charge in [-0.2, -0.15) is 13.2 Å². The maximum absolute atomic E-state index is 12.9. The fourth-order valence-corrected chi connectivity index (χ4v) is 2.35. The fourth-order valence-electron chi connectivity index (χ4n) is 2.35. The maximum atomic E-state index is 12.9. The minimum Gasteiger partial charge on any atom is -0.396 e. The van der Waals surface area contributed by atoms with Crippen LogP contribution in [0.25, 0.3) is 0 Å². The zero-order chi connectivity index (χ0) is 17.9. The lowest BCUT2D eigenvalue weighted by Gasteiger charge is -2.14. The molecule has 0 unspecified atom stereocenters. The van der Waals surface area contributed by atoms with Gasteiger partial charge in [-0.15, -0.1) is 0 Å². The third-order valence-corrected chi connectivity index (χ3v) is 3.48. The molecule has 0 aromatic heterocycles. The summed E-state index contributed by atoms with van der Waals surface area (Å²) in [7, 11) is 0. The Morgan fingerprint density at radius 1 is 1.38 bits per heavy atom. The Morgan fingerprint density at radius 3 is 2.62 bits per heavy atom. The summed E-state index contributed by atoms with van der Waals surface area (Å²) in [6, 6.07) is 1.13. The second-order valence-corrected chi connectivity index (χ2v) is 5.26. The van der Waals surface area contributed by atoms with Crippen molar-refractivity contribution in [3.63, 3.8) is 0 Å². The molecule has 1 aliphatic rings. The molecule has 10 heteroatoms. The summed E-state index contributed by atoms with van der Waals surface area (Å²) in [4.78, 5) is 21.3. The van der Waals surface area contributed by atoms with Crippen LogP contribution in [0.2, 0.25) is 0 Å². The van der Waals surface area contributed by atoms with Crippen LogP contribution in [0.1, 0.15) is 12.0 Å². The summed E-state index contributed by atoms with van der Waals surface area (Å²) in [5.41, 5.74) is -2.74. The molecule has 0 saturated carbocycles. The van der Waals surface area contributed by atoms with Crippen molar-refractivity contribution in [1.29, 1.82) is 0 Å². The average Bonchev–Trinajstić information content (AvgIpc) is 2.93. The first-order valence-electron chi connectivity index (χ1n) is 6.93. The highest BCUT2D eigenvalue weighted by Crippen LogP contribution is 2.37. The van der Waals surface area contributed by atoms with E-state index in [2.05, 4.69) is 10.6 Å². The fraction of sp³-hybridized carbons (Fsp3) is 0.357. The number of hydrogen-bond donors (Lipinski definition) is 3. The standard InChI is InChI=1S/C14H14F3N3O4/c15-14(16,17)11-6-10(3-4-12(11)20(23)24)19-13(22)18-9-2-1-8(5-9)7-21/h1-4,6,8-9,21H,5,7H2,(H2,18,19,22)/t8-,9+/m0/s1. The van der Waals surface area contributed by atoms with E-state index in [0.29, 0.717) is 18.6 Å². The van der Waals surface area contributed by atoms with Crippen molar-refractivity contribution in [1.82, 2.24) is 5.32 Å². The Labute approximate surface area is 134 Å². The molecule has 1 aliphatic carbocycles. The number of halogens is 3. The molecule has 0 bridgehead atoms. The molecule has 0 aliphatic heterocycles. The summed E-state index contributed by atoms with van der Waals surface area (Å²) in [5.74, 6) is -0.0773. The van der Waals surface area contributed by atoms with Crippen molar-refractivity contribution in [3.05, 3.63) is 46.0 Å². The van der Waals surface area contributed by atoms with Crippen LogP contribution in [-0.4, -0.2) is 28.7 Å². The van der Waals surface area contributed by atoms with Gasteiger partial charge in [0.25, 0.3) is 5.69 Å². The number of aliphatic hydroxyl groups excluding tert-OH is 1. The molecule has 0 heterocycles. The highest BCUT2D eigenvalue weighted by atomic mass is 19.4. The van der Waals surface area contributed by atoms with Crippen LogP contribution in [0.4, 0.5) is 29.3 Å². The number of urea groups is 1. The lowest BCUT2D eigenvalue weighted by atomic mass is 10.1. The van der Waals surface area contributed by atoms with Crippen LogP contribution in [0.3, 0.4) is 0 Å². The van der Waals surface area contributed by atoms with E-state index in [-0.39, 0.29) is 24.3 Å². The van der Waals surface area contributed by atoms with Gasteiger partial charge in [0.05, 0.1) is 4.92 Å². The molecular formula is C14H14F3N3O4. The number of nitrogens with zero attached hydrogens (tertiary/aromatic N) is 1. The number of aliphatic hydroxyl groups is 1. The minimum absolute atomic E-state index is 0.0619. The van der Waals surface area contributed by atoms with Gasteiger partial charge >= 0.3 is 12.2 Å². The monoisotopic (exact) mass is 345 g/mol. The van der Waals surface area contributed by atoms with E-state index in [1.807, 2.05) is 0 Å². The Balaban J connectivity index is 2.08. The lowest BCUT2D eigenvalue weighted by molar-refractivity contribution is -0.388. The molecular weight excluding hydrogens is 331 g/mol. The van der Waals surface area contributed by atoms with Gasteiger partial charge < -0.3 is 15.7 Å². The van der Waals surface area contributed by atoms with E-state index in [4.69, 9.17) is 5.11 Å². The summed E-state index contributed by atoms with van der Waals surface area (Å²) in [5, 5.41) is 24.4. The molecule has 1 aromatic rings. The molecule has 2 rings (SSSR count). The summed E-state index contributed by atoms with van der Waals surface area (Å²) in [6.07, 6.45) is -1.02. The first-order chi connectivity index (χ1) is 11.2. The molecule has 0 radical (unpaired) electrons. The quantitative estimate of drug-likeness (QED) is 0.443. The van der Waals surface area contributed by atoms with Gasteiger partial charge in [0.15, 0.2) is 0 Å². The molecule has 130 valence electrons. The van der Waals surface area contributed by atoms with E-state index >= 15 is 0 Å². The zero-order valence-corrected chi connectivity index (χ0v) is 12.2. The molecule has 1 aromatic carbocycles. The van der Waals surface area contributed by atoms with Gasteiger partial charge in [-0.25, -0.2) is 4.79 Å². The van der Waals surface area contributed by atoms with E-state index in [1.54, 1.807) is 12.2 Å². The van der Waals surface area contributed by atoms with Gasteiger partial charge in [0.1, 0.15) is 5.56 Å². The highest BCUT2D eigenvalue weighted by molar-refractivity contribution is 5.90. The van der Waals surface area contributed by atoms with E-state index in [1.165, 1.54) is 0 Å². The second-order valence-electron chi connectivity index (χ2n) is 5.26. The van der Waals surface area contributed by atoms with Crippen molar-refractivity contribution >= 4 is 17.4 Å². The molecule has 0 spiro atoms. The third kappa shape index (κ3) is 4.22. The number of amides is 2. The van der Waals surface area contributed by atoms with Gasteiger partial charge in [0, 0.05) is 30.3 Å². The second kappa shape index (κ2) is 6.87. The molecule has 3 N–H and O–H groups in total. The van der Waals surface area contributed by atoms with Crippen molar-refractivity contribution in [3.8, 4) is 0 Å².